The number of carboxylic acids is 1. The molecule has 0 aliphatic heterocycles. The number of hydrazone groups is 1. The zero-order chi connectivity index (χ0) is 23.3. The number of thioether (sulfide) groups is 1. The maximum atomic E-state index is 12.3. The van der Waals surface area contributed by atoms with Crippen LogP contribution >= 0.6 is 11.8 Å². The first-order valence-corrected chi connectivity index (χ1v) is 10.9. The molecular formula is C22H27N5O4S. The first kappa shape index (κ1) is 24.7. The van der Waals surface area contributed by atoms with Crippen LogP contribution in [0.1, 0.15) is 28.8 Å². The third-order valence-electron chi connectivity index (χ3n) is 4.38. The van der Waals surface area contributed by atoms with E-state index >= 15 is 0 Å². The van der Waals surface area contributed by atoms with Crippen molar-refractivity contribution >= 4 is 41.6 Å². The highest BCUT2D eigenvalue weighted by Crippen LogP contribution is 2.20. The van der Waals surface area contributed by atoms with Gasteiger partial charge in [-0.1, -0.05) is 23.8 Å². The summed E-state index contributed by atoms with van der Waals surface area (Å²) in [5, 5.41) is 20.5. The van der Waals surface area contributed by atoms with Gasteiger partial charge in [0.05, 0.1) is 13.0 Å². The summed E-state index contributed by atoms with van der Waals surface area (Å²) >= 11 is 1.60. The van der Waals surface area contributed by atoms with Crippen LogP contribution in [0.3, 0.4) is 0 Å². The third kappa shape index (κ3) is 9.09. The molecule has 0 fully saturated rings. The van der Waals surface area contributed by atoms with E-state index in [-0.39, 0.29) is 13.0 Å². The molecule has 1 atom stereocenters. The topological polar surface area (TPSA) is 146 Å². The number of carbonyl (C=O) groups is 3. The van der Waals surface area contributed by atoms with E-state index in [0.29, 0.717) is 23.4 Å². The van der Waals surface area contributed by atoms with Gasteiger partial charge in [-0.25, -0.2) is 0 Å². The molecular weight excluding hydrogens is 430 g/mol. The number of benzene rings is 2. The third-order valence-corrected chi connectivity index (χ3v) is 5.43. The molecule has 0 aliphatic rings. The van der Waals surface area contributed by atoms with Gasteiger partial charge in [-0.15, -0.1) is 11.8 Å². The van der Waals surface area contributed by atoms with Crippen molar-refractivity contribution in [1.29, 1.82) is 0 Å². The van der Waals surface area contributed by atoms with Crippen molar-refractivity contribution < 1.29 is 19.5 Å². The molecule has 2 amide bonds. The molecule has 0 heterocycles. The number of anilines is 1. The predicted octanol–water partition coefficient (Wildman–Crippen LogP) is 2.18. The molecule has 2 aromatic carbocycles. The first-order chi connectivity index (χ1) is 15.4. The number of carbonyl (C=O) groups excluding carboxylic acids is 2. The zero-order valence-electron chi connectivity index (χ0n) is 17.7. The van der Waals surface area contributed by atoms with E-state index in [1.165, 1.54) is 11.9 Å². The monoisotopic (exact) mass is 457 g/mol. The van der Waals surface area contributed by atoms with Crippen LogP contribution in [0.4, 0.5) is 5.69 Å². The fraction of sp³-hybridized carbons (Fsp3) is 0.273. The summed E-state index contributed by atoms with van der Waals surface area (Å²) in [6.07, 6.45) is 1.58. The van der Waals surface area contributed by atoms with Crippen LogP contribution in [0.5, 0.6) is 0 Å². The second-order valence-electron chi connectivity index (χ2n) is 7.00. The summed E-state index contributed by atoms with van der Waals surface area (Å²) < 4.78 is 0. The van der Waals surface area contributed by atoms with Crippen molar-refractivity contribution in [2.45, 2.75) is 30.7 Å². The maximum Gasteiger partial charge on any atom is 0.305 e. The molecule has 0 bridgehead atoms. The van der Waals surface area contributed by atoms with Crippen molar-refractivity contribution in [3.8, 4) is 0 Å². The van der Waals surface area contributed by atoms with E-state index in [0.717, 1.165) is 4.90 Å². The van der Waals surface area contributed by atoms with Crippen LogP contribution in [-0.2, 0) is 9.59 Å². The largest absolute Gasteiger partial charge is 0.481 e. The Morgan fingerprint density at radius 2 is 1.94 bits per heavy atom. The molecule has 0 saturated heterocycles. The molecule has 6 N–H and O–H groups in total. The van der Waals surface area contributed by atoms with Crippen LogP contribution in [0.15, 0.2) is 58.5 Å². The van der Waals surface area contributed by atoms with Gasteiger partial charge in [-0.3, -0.25) is 14.4 Å². The van der Waals surface area contributed by atoms with Gasteiger partial charge in [0, 0.05) is 22.2 Å². The van der Waals surface area contributed by atoms with Crippen molar-refractivity contribution in [2.75, 3.05) is 17.6 Å². The minimum atomic E-state index is -0.995. The highest BCUT2D eigenvalue weighted by Gasteiger charge is 2.17. The van der Waals surface area contributed by atoms with E-state index in [2.05, 4.69) is 21.1 Å². The summed E-state index contributed by atoms with van der Waals surface area (Å²) in [5.74, 6) is 3.81. The number of aryl methyl sites for hydroxylation is 1. The van der Waals surface area contributed by atoms with Gasteiger partial charge in [0.25, 0.3) is 5.91 Å². The SMILES string of the molecule is Cc1ccc(SCCC(CC(=O)O)NC(=O)CNC(=O)c2cccc(NC=NN)c2)cc1. The average molecular weight is 458 g/mol. The van der Waals surface area contributed by atoms with E-state index < -0.39 is 23.8 Å². The normalized spacial score (nSPS) is 11.7. The minimum Gasteiger partial charge on any atom is -0.481 e. The van der Waals surface area contributed by atoms with Gasteiger partial charge >= 0.3 is 5.97 Å². The molecule has 1 unspecified atom stereocenters. The number of nitrogens with zero attached hydrogens (tertiary/aromatic N) is 1. The van der Waals surface area contributed by atoms with Crippen LogP contribution in [0.2, 0.25) is 0 Å². The Bertz CT molecular complexity index is 950. The highest BCUT2D eigenvalue weighted by atomic mass is 32.2. The first-order valence-electron chi connectivity index (χ1n) is 9.94. The summed E-state index contributed by atoms with van der Waals surface area (Å²) in [6.45, 7) is 1.75. The molecule has 0 spiro atoms. The fourth-order valence-electron chi connectivity index (χ4n) is 2.79. The smallest absolute Gasteiger partial charge is 0.305 e. The van der Waals surface area contributed by atoms with Gasteiger partial charge in [0.15, 0.2) is 0 Å². The average Bonchev–Trinajstić information content (AvgIpc) is 2.77. The fourth-order valence-corrected chi connectivity index (χ4v) is 3.76. The van der Waals surface area contributed by atoms with E-state index in [4.69, 9.17) is 10.9 Å². The van der Waals surface area contributed by atoms with E-state index in [9.17, 15) is 14.4 Å². The van der Waals surface area contributed by atoms with Crippen molar-refractivity contribution in [1.82, 2.24) is 10.6 Å². The summed E-state index contributed by atoms with van der Waals surface area (Å²) in [5.41, 5.74) is 2.13. The number of nitrogens with two attached hydrogens (primary N) is 1. The Labute approximate surface area is 190 Å². The second-order valence-corrected chi connectivity index (χ2v) is 8.17. The van der Waals surface area contributed by atoms with Crippen LogP contribution < -0.4 is 21.8 Å². The zero-order valence-corrected chi connectivity index (χ0v) is 18.5. The Morgan fingerprint density at radius 1 is 1.19 bits per heavy atom. The molecule has 0 aliphatic carbocycles. The van der Waals surface area contributed by atoms with Crippen molar-refractivity contribution in [3.63, 3.8) is 0 Å². The quantitative estimate of drug-likeness (QED) is 0.108. The van der Waals surface area contributed by atoms with Gasteiger partial charge in [-0.2, -0.15) is 5.10 Å². The predicted molar refractivity (Wildman–Crippen MR) is 126 cm³/mol. The lowest BCUT2D eigenvalue weighted by molar-refractivity contribution is -0.137. The lowest BCUT2D eigenvalue weighted by Crippen LogP contribution is -2.43. The minimum absolute atomic E-state index is 0.190. The van der Waals surface area contributed by atoms with Gasteiger partial charge in [0.1, 0.15) is 6.34 Å². The van der Waals surface area contributed by atoms with Crippen LogP contribution in [-0.4, -0.2) is 47.6 Å². The molecule has 0 aromatic heterocycles. The molecule has 10 heteroatoms. The highest BCUT2D eigenvalue weighted by molar-refractivity contribution is 7.99. The Balaban J connectivity index is 1.83. The standard InChI is InChI=1S/C22H27N5O4S/c1-15-5-7-19(8-6-15)32-10-9-18(12-21(29)30)27-20(28)13-24-22(31)16-3-2-4-17(11-16)25-14-26-23/h2-8,11,14,18H,9-10,12-13,23H2,1H3,(H,24,31)(H,25,26)(H,27,28)(H,29,30). The molecule has 0 saturated carbocycles. The van der Waals surface area contributed by atoms with Crippen LogP contribution in [0.25, 0.3) is 0 Å². The van der Waals surface area contributed by atoms with E-state index in [1.807, 2.05) is 31.2 Å². The number of carboxylic acid groups (broad SMARTS) is 1. The molecule has 9 nitrogen and oxygen atoms in total. The lowest BCUT2D eigenvalue weighted by Gasteiger charge is -2.17. The molecule has 170 valence electrons. The summed E-state index contributed by atoms with van der Waals surface area (Å²) in [7, 11) is 0. The Morgan fingerprint density at radius 3 is 2.62 bits per heavy atom. The van der Waals surface area contributed by atoms with Crippen molar-refractivity contribution in [2.24, 2.45) is 10.9 Å². The molecule has 2 rings (SSSR count). The number of amides is 2. The maximum absolute atomic E-state index is 12.3. The number of hydrogen-bond donors (Lipinski definition) is 5. The van der Waals surface area contributed by atoms with Crippen molar-refractivity contribution in [3.05, 3.63) is 59.7 Å². The lowest BCUT2D eigenvalue weighted by atomic mass is 10.1. The second kappa shape index (κ2) is 13.0. The van der Waals surface area contributed by atoms with Gasteiger partial charge in [-0.05, 0) is 49.4 Å². The number of nitrogens with one attached hydrogen (secondary N) is 3. The van der Waals surface area contributed by atoms with Crippen LogP contribution in [0, 0.1) is 6.92 Å². The summed E-state index contributed by atoms with van der Waals surface area (Å²) in [4.78, 5) is 36.8. The summed E-state index contributed by atoms with van der Waals surface area (Å²) in [6, 6.07) is 14.1. The molecule has 2 aromatic rings. The number of hydrogen-bond acceptors (Lipinski definition) is 6. The van der Waals surface area contributed by atoms with Gasteiger partial charge in [0.2, 0.25) is 5.91 Å². The Hall–Kier alpha value is -3.53. The molecule has 0 radical (unpaired) electrons. The number of aliphatic carboxylic acids is 1. The van der Waals surface area contributed by atoms with E-state index in [1.54, 1.807) is 36.0 Å². The Kier molecular flexibility index (Phi) is 10.1. The number of rotatable bonds is 12. The molecule has 32 heavy (non-hydrogen) atoms. The van der Waals surface area contributed by atoms with Gasteiger partial charge < -0.3 is 26.9 Å².